The minimum absolute atomic E-state index is 0.0373. The molecule has 2 aromatic rings. The molecule has 0 amide bonds. The maximum atomic E-state index is 13.5. The maximum absolute atomic E-state index is 13.5. The van der Waals surface area contributed by atoms with E-state index in [9.17, 15) is 18.4 Å². The third-order valence-electron chi connectivity index (χ3n) is 2.97. The van der Waals surface area contributed by atoms with Crippen molar-refractivity contribution in [2.75, 3.05) is 0 Å². The van der Waals surface area contributed by atoms with Crippen LogP contribution in [0.4, 0.5) is 8.78 Å². The molecule has 0 radical (unpaired) electrons. The highest BCUT2D eigenvalue weighted by molar-refractivity contribution is 5.96. The molecule has 0 saturated heterocycles. The number of hydrogen-bond donors (Lipinski definition) is 0. The highest BCUT2D eigenvalue weighted by Crippen LogP contribution is 2.11. The third kappa shape index (κ3) is 2.68. The Morgan fingerprint density at radius 1 is 1.25 bits per heavy atom. The molecular formula is C14H14F2N2O2. The molecule has 0 saturated carbocycles. The highest BCUT2D eigenvalue weighted by Gasteiger charge is 2.15. The lowest BCUT2D eigenvalue weighted by Crippen LogP contribution is -2.28. The van der Waals surface area contributed by atoms with Crippen LogP contribution in [0.15, 0.2) is 35.4 Å². The van der Waals surface area contributed by atoms with Crippen molar-refractivity contribution in [1.29, 1.82) is 0 Å². The van der Waals surface area contributed by atoms with Crippen molar-refractivity contribution in [3.63, 3.8) is 0 Å². The monoisotopic (exact) mass is 280 g/mol. The quantitative estimate of drug-likeness (QED) is 0.807. The fourth-order valence-corrected chi connectivity index (χ4v) is 1.89. The van der Waals surface area contributed by atoms with E-state index >= 15 is 0 Å². The minimum Gasteiger partial charge on any atom is -0.297 e. The van der Waals surface area contributed by atoms with Gasteiger partial charge in [-0.1, -0.05) is 0 Å². The van der Waals surface area contributed by atoms with Crippen molar-refractivity contribution in [3.8, 4) is 0 Å². The van der Waals surface area contributed by atoms with Crippen LogP contribution in [0.1, 0.15) is 30.2 Å². The number of halogens is 2. The molecule has 20 heavy (non-hydrogen) atoms. The Bertz CT molecular complexity index is 701. The second-order valence-electron chi connectivity index (χ2n) is 4.76. The topological polar surface area (TPSA) is 44.0 Å². The summed E-state index contributed by atoms with van der Waals surface area (Å²) in [6, 6.07) is 2.63. The van der Waals surface area contributed by atoms with Crippen LogP contribution in [-0.2, 0) is 6.54 Å². The number of benzene rings is 1. The van der Waals surface area contributed by atoms with Crippen molar-refractivity contribution < 1.29 is 13.6 Å². The number of aromatic nitrogens is 2. The average molecular weight is 280 g/mol. The van der Waals surface area contributed by atoms with Crippen LogP contribution in [0.3, 0.4) is 0 Å². The van der Waals surface area contributed by atoms with Gasteiger partial charge in [-0.15, -0.1) is 0 Å². The van der Waals surface area contributed by atoms with E-state index in [1.807, 2.05) is 13.8 Å². The number of carbonyl (C=O) groups excluding carboxylic acids is 1. The highest BCUT2D eigenvalue weighted by atomic mass is 19.1. The number of rotatable bonds is 4. The van der Waals surface area contributed by atoms with E-state index in [2.05, 4.69) is 0 Å². The molecule has 0 atom stereocenters. The number of hydrogen-bond acceptors (Lipinski definition) is 2. The Morgan fingerprint density at radius 3 is 2.55 bits per heavy atom. The van der Waals surface area contributed by atoms with Crippen molar-refractivity contribution in [2.45, 2.75) is 26.4 Å². The van der Waals surface area contributed by atoms with E-state index in [4.69, 9.17) is 0 Å². The van der Waals surface area contributed by atoms with Gasteiger partial charge in [0.1, 0.15) is 11.6 Å². The van der Waals surface area contributed by atoms with Gasteiger partial charge in [-0.2, -0.15) is 0 Å². The molecule has 0 aliphatic heterocycles. The normalized spacial score (nSPS) is 11.1. The van der Waals surface area contributed by atoms with E-state index in [-0.39, 0.29) is 23.8 Å². The van der Waals surface area contributed by atoms with Gasteiger partial charge in [0.15, 0.2) is 5.78 Å². The van der Waals surface area contributed by atoms with Gasteiger partial charge >= 0.3 is 5.69 Å². The predicted octanol–water partition coefficient (Wildman–Crippen LogP) is 2.39. The van der Waals surface area contributed by atoms with Crippen molar-refractivity contribution in [3.05, 3.63) is 58.3 Å². The Hall–Kier alpha value is -2.24. The van der Waals surface area contributed by atoms with E-state index in [0.717, 1.165) is 18.2 Å². The summed E-state index contributed by atoms with van der Waals surface area (Å²) in [6.07, 6.45) is 3.01. The van der Waals surface area contributed by atoms with Gasteiger partial charge in [0, 0.05) is 18.4 Å². The second kappa shape index (κ2) is 5.40. The fraction of sp³-hybridized carbons (Fsp3) is 0.286. The molecule has 1 aromatic heterocycles. The zero-order chi connectivity index (χ0) is 14.9. The summed E-state index contributed by atoms with van der Waals surface area (Å²) in [7, 11) is 0. The van der Waals surface area contributed by atoms with Crippen LogP contribution in [0, 0.1) is 11.6 Å². The number of nitrogens with zero attached hydrogens (tertiary/aromatic N) is 2. The van der Waals surface area contributed by atoms with Crippen LogP contribution in [0.2, 0.25) is 0 Å². The van der Waals surface area contributed by atoms with Crippen LogP contribution in [0.5, 0.6) is 0 Å². The van der Waals surface area contributed by atoms with Gasteiger partial charge in [-0.25, -0.2) is 13.6 Å². The lowest BCUT2D eigenvalue weighted by atomic mass is 10.1. The van der Waals surface area contributed by atoms with E-state index in [1.165, 1.54) is 15.3 Å². The lowest BCUT2D eigenvalue weighted by molar-refractivity contribution is 0.0966. The van der Waals surface area contributed by atoms with Gasteiger partial charge in [-0.05, 0) is 32.0 Å². The van der Waals surface area contributed by atoms with Gasteiger partial charge in [0.2, 0.25) is 0 Å². The molecule has 0 bridgehead atoms. The SMILES string of the molecule is CC(C)n1ccn(CC(=O)c2cc(F)ccc2F)c1=O. The number of carbonyl (C=O) groups is 1. The van der Waals surface area contributed by atoms with Crippen LogP contribution in [-0.4, -0.2) is 14.9 Å². The molecule has 106 valence electrons. The summed E-state index contributed by atoms with van der Waals surface area (Å²) >= 11 is 0. The summed E-state index contributed by atoms with van der Waals surface area (Å²) in [5.41, 5.74) is -0.709. The Labute approximate surface area is 114 Å². The molecule has 0 fully saturated rings. The molecule has 0 N–H and O–H groups in total. The predicted molar refractivity (Wildman–Crippen MR) is 69.8 cm³/mol. The van der Waals surface area contributed by atoms with Gasteiger partial charge in [-0.3, -0.25) is 13.9 Å². The summed E-state index contributed by atoms with van der Waals surface area (Å²) in [4.78, 5) is 23.9. The molecule has 1 aromatic carbocycles. The molecule has 0 spiro atoms. The molecular weight excluding hydrogens is 266 g/mol. The second-order valence-corrected chi connectivity index (χ2v) is 4.76. The maximum Gasteiger partial charge on any atom is 0.328 e. The molecule has 1 heterocycles. The Balaban J connectivity index is 2.28. The fourth-order valence-electron chi connectivity index (χ4n) is 1.89. The number of imidazole rings is 1. The molecule has 0 aliphatic carbocycles. The number of ketones is 1. The molecule has 6 heteroatoms. The van der Waals surface area contributed by atoms with Crippen molar-refractivity contribution in [1.82, 2.24) is 9.13 Å². The van der Waals surface area contributed by atoms with E-state index in [0.29, 0.717) is 0 Å². The van der Waals surface area contributed by atoms with Crippen LogP contribution < -0.4 is 5.69 Å². The summed E-state index contributed by atoms with van der Waals surface area (Å²) in [5, 5.41) is 0. The van der Waals surface area contributed by atoms with Gasteiger partial charge in [0.25, 0.3) is 0 Å². The first kappa shape index (κ1) is 14.2. The molecule has 4 nitrogen and oxygen atoms in total. The van der Waals surface area contributed by atoms with Crippen LogP contribution in [0.25, 0.3) is 0 Å². The largest absolute Gasteiger partial charge is 0.328 e. The van der Waals surface area contributed by atoms with Crippen molar-refractivity contribution in [2.24, 2.45) is 0 Å². The zero-order valence-electron chi connectivity index (χ0n) is 11.1. The van der Waals surface area contributed by atoms with Gasteiger partial charge in [0.05, 0.1) is 12.1 Å². The Kier molecular flexibility index (Phi) is 3.83. The average Bonchev–Trinajstić information content (AvgIpc) is 2.74. The third-order valence-corrected chi connectivity index (χ3v) is 2.97. The first-order valence-corrected chi connectivity index (χ1v) is 6.15. The molecule has 0 aliphatic rings. The first-order valence-electron chi connectivity index (χ1n) is 6.15. The summed E-state index contributed by atoms with van der Waals surface area (Å²) < 4.78 is 29.1. The van der Waals surface area contributed by atoms with Gasteiger partial charge < -0.3 is 0 Å². The zero-order valence-corrected chi connectivity index (χ0v) is 11.1. The summed E-state index contributed by atoms with van der Waals surface area (Å²) in [6.45, 7) is 3.35. The van der Waals surface area contributed by atoms with Crippen LogP contribution >= 0.6 is 0 Å². The minimum atomic E-state index is -0.798. The lowest BCUT2D eigenvalue weighted by Gasteiger charge is -2.05. The first-order chi connectivity index (χ1) is 9.40. The van der Waals surface area contributed by atoms with Crippen molar-refractivity contribution >= 4 is 5.78 Å². The summed E-state index contributed by atoms with van der Waals surface area (Å²) in [5.74, 6) is -2.14. The van der Waals surface area contributed by atoms with E-state index in [1.54, 1.807) is 6.20 Å². The Morgan fingerprint density at radius 2 is 1.95 bits per heavy atom. The smallest absolute Gasteiger partial charge is 0.297 e. The molecule has 0 unspecified atom stereocenters. The molecule has 2 rings (SSSR count). The van der Waals surface area contributed by atoms with E-state index < -0.39 is 17.4 Å². The number of Topliss-reactive ketones (excluding diaryl/α,β-unsaturated/α-hetero) is 1. The standard InChI is InChI=1S/C14H14F2N2O2/c1-9(2)18-6-5-17(14(18)20)8-13(19)11-7-10(15)3-4-12(11)16/h3-7,9H,8H2,1-2H3.